The van der Waals surface area contributed by atoms with E-state index in [1.54, 1.807) is 0 Å². The van der Waals surface area contributed by atoms with Gasteiger partial charge in [-0.05, 0) is 52.4 Å². The van der Waals surface area contributed by atoms with Crippen molar-refractivity contribution in [3.63, 3.8) is 0 Å². The van der Waals surface area contributed by atoms with E-state index in [1.165, 1.54) is 6.42 Å². The predicted molar refractivity (Wildman–Crippen MR) is 78.0 cm³/mol. The second kappa shape index (κ2) is 6.94. The van der Waals surface area contributed by atoms with E-state index in [-0.39, 0.29) is 6.09 Å². The highest BCUT2D eigenvalue weighted by Gasteiger charge is 2.27. The van der Waals surface area contributed by atoms with Crippen LogP contribution >= 0.6 is 0 Å². The highest BCUT2D eigenvalue weighted by molar-refractivity contribution is 5.68. The van der Waals surface area contributed by atoms with Crippen molar-refractivity contribution in [1.82, 2.24) is 4.90 Å². The van der Waals surface area contributed by atoms with Crippen molar-refractivity contribution in [1.29, 1.82) is 0 Å². The minimum atomic E-state index is -0.419. The summed E-state index contributed by atoms with van der Waals surface area (Å²) in [6.07, 6.45) is 4.07. The summed E-state index contributed by atoms with van der Waals surface area (Å²) in [6, 6.07) is 0. The molecule has 1 fully saturated rings. The molecule has 0 aliphatic carbocycles. The second-order valence-corrected chi connectivity index (χ2v) is 6.43. The fourth-order valence-electron chi connectivity index (χ4n) is 2.30. The van der Waals surface area contributed by atoms with Crippen LogP contribution in [0.2, 0.25) is 0 Å². The van der Waals surface area contributed by atoms with Gasteiger partial charge in [0, 0.05) is 19.6 Å². The van der Waals surface area contributed by atoms with E-state index < -0.39 is 5.60 Å². The number of ether oxygens (including phenoxy) is 1. The van der Waals surface area contributed by atoms with E-state index in [4.69, 9.17) is 10.5 Å². The van der Waals surface area contributed by atoms with Gasteiger partial charge in [-0.25, -0.2) is 4.79 Å². The summed E-state index contributed by atoms with van der Waals surface area (Å²) in [6.45, 7) is 11.8. The van der Waals surface area contributed by atoms with E-state index in [0.717, 1.165) is 37.9 Å². The average Bonchev–Trinajstić information content (AvgIpc) is 2.34. The van der Waals surface area contributed by atoms with Gasteiger partial charge in [0.1, 0.15) is 5.60 Å². The molecular weight excluding hydrogens is 240 g/mol. The number of rotatable bonds is 4. The van der Waals surface area contributed by atoms with Crippen LogP contribution in [0.25, 0.3) is 0 Å². The van der Waals surface area contributed by atoms with Gasteiger partial charge in [-0.3, -0.25) is 0 Å². The first-order valence-corrected chi connectivity index (χ1v) is 7.16. The Bertz CT molecular complexity index is 321. The third kappa shape index (κ3) is 6.10. The number of likely N-dealkylation sites (tertiary alicyclic amines) is 1. The molecule has 1 unspecified atom stereocenters. The lowest BCUT2D eigenvalue weighted by Crippen LogP contribution is -2.42. The Balaban J connectivity index is 2.41. The predicted octanol–water partition coefficient (Wildman–Crippen LogP) is 2.93. The molecule has 0 radical (unpaired) electrons. The number of piperidine rings is 1. The first-order valence-electron chi connectivity index (χ1n) is 7.16. The lowest BCUT2D eigenvalue weighted by Gasteiger charge is -2.34. The van der Waals surface area contributed by atoms with E-state index in [2.05, 4.69) is 6.58 Å². The maximum Gasteiger partial charge on any atom is 0.410 e. The summed E-state index contributed by atoms with van der Waals surface area (Å²) in [5, 5.41) is 0. The van der Waals surface area contributed by atoms with Gasteiger partial charge in [-0.15, -0.1) is 0 Å². The van der Waals surface area contributed by atoms with E-state index in [1.807, 2.05) is 25.7 Å². The number of carbonyl (C=O) groups excluding carboxylic acids is 1. The van der Waals surface area contributed by atoms with Crippen molar-refractivity contribution in [2.75, 3.05) is 19.6 Å². The molecule has 0 aromatic carbocycles. The van der Waals surface area contributed by atoms with Gasteiger partial charge in [0.15, 0.2) is 0 Å². The van der Waals surface area contributed by atoms with Gasteiger partial charge in [0.25, 0.3) is 0 Å². The van der Waals surface area contributed by atoms with Gasteiger partial charge >= 0.3 is 6.09 Å². The molecule has 1 rings (SSSR count). The molecule has 1 saturated heterocycles. The zero-order chi connectivity index (χ0) is 14.5. The molecule has 4 nitrogen and oxygen atoms in total. The molecule has 110 valence electrons. The molecule has 0 spiro atoms. The molecule has 0 bridgehead atoms. The van der Waals surface area contributed by atoms with Crippen LogP contribution in [0.4, 0.5) is 4.79 Å². The molecule has 0 saturated carbocycles. The van der Waals surface area contributed by atoms with Crippen LogP contribution in [0.15, 0.2) is 12.2 Å². The quantitative estimate of drug-likeness (QED) is 0.798. The Kier molecular flexibility index (Phi) is 5.85. The number of hydrogen-bond acceptors (Lipinski definition) is 3. The lowest BCUT2D eigenvalue weighted by molar-refractivity contribution is 0.0162. The monoisotopic (exact) mass is 268 g/mol. The second-order valence-electron chi connectivity index (χ2n) is 6.43. The topological polar surface area (TPSA) is 55.6 Å². The third-order valence-corrected chi connectivity index (χ3v) is 3.37. The smallest absolute Gasteiger partial charge is 0.410 e. The van der Waals surface area contributed by atoms with Crippen LogP contribution in [0.5, 0.6) is 0 Å². The van der Waals surface area contributed by atoms with Crippen LogP contribution in [-0.2, 0) is 4.74 Å². The first-order chi connectivity index (χ1) is 8.81. The summed E-state index contributed by atoms with van der Waals surface area (Å²) < 4.78 is 5.42. The summed E-state index contributed by atoms with van der Waals surface area (Å²) in [4.78, 5) is 13.9. The normalized spacial score (nSPS) is 20.2. The summed E-state index contributed by atoms with van der Waals surface area (Å²) in [7, 11) is 0. The zero-order valence-electron chi connectivity index (χ0n) is 12.6. The Morgan fingerprint density at radius 2 is 2.16 bits per heavy atom. The SMILES string of the molecule is C=C(CN)CCC1CCCN(C(=O)OC(C)(C)C)C1. The van der Waals surface area contributed by atoms with E-state index in [0.29, 0.717) is 12.5 Å². The van der Waals surface area contributed by atoms with Gasteiger partial charge < -0.3 is 15.4 Å². The number of nitrogens with zero attached hydrogens (tertiary/aromatic N) is 1. The van der Waals surface area contributed by atoms with Crippen LogP contribution in [0, 0.1) is 5.92 Å². The van der Waals surface area contributed by atoms with Crippen molar-refractivity contribution in [2.45, 2.75) is 52.1 Å². The van der Waals surface area contributed by atoms with Crippen molar-refractivity contribution in [2.24, 2.45) is 11.7 Å². The minimum Gasteiger partial charge on any atom is -0.444 e. The molecule has 1 aliphatic heterocycles. The van der Waals surface area contributed by atoms with E-state index in [9.17, 15) is 4.79 Å². The number of carbonyl (C=O) groups is 1. The largest absolute Gasteiger partial charge is 0.444 e. The molecule has 1 atom stereocenters. The molecule has 4 heteroatoms. The van der Waals surface area contributed by atoms with Crippen LogP contribution in [0.1, 0.15) is 46.5 Å². The van der Waals surface area contributed by atoms with Crippen LogP contribution < -0.4 is 5.73 Å². The zero-order valence-corrected chi connectivity index (χ0v) is 12.6. The van der Waals surface area contributed by atoms with Gasteiger partial charge in [0.05, 0.1) is 0 Å². The Morgan fingerprint density at radius 3 is 2.74 bits per heavy atom. The number of hydrogen-bond donors (Lipinski definition) is 1. The molecule has 1 heterocycles. The molecule has 0 aromatic rings. The number of nitrogens with two attached hydrogens (primary N) is 1. The lowest BCUT2D eigenvalue weighted by atomic mass is 9.92. The van der Waals surface area contributed by atoms with Crippen LogP contribution in [0.3, 0.4) is 0 Å². The third-order valence-electron chi connectivity index (χ3n) is 3.37. The first kappa shape index (κ1) is 16.0. The van der Waals surface area contributed by atoms with Crippen molar-refractivity contribution >= 4 is 6.09 Å². The standard InChI is InChI=1S/C15H28N2O2/c1-12(10-16)7-8-13-6-5-9-17(11-13)14(18)19-15(2,3)4/h13H,1,5-11,16H2,2-4H3. The van der Waals surface area contributed by atoms with Crippen LogP contribution in [-0.4, -0.2) is 36.2 Å². The van der Waals surface area contributed by atoms with Gasteiger partial charge in [0.2, 0.25) is 0 Å². The Labute approximate surface area is 117 Å². The average molecular weight is 268 g/mol. The molecule has 0 aromatic heterocycles. The van der Waals surface area contributed by atoms with Crippen molar-refractivity contribution in [3.8, 4) is 0 Å². The molecule has 1 amide bonds. The minimum absolute atomic E-state index is 0.185. The Hall–Kier alpha value is -1.03. The highest BCUT2D eigenvalue weighted by Crippen LogP contribution is 2.23. The maximum absolute atomic E-state index is 12.0. The summed E-state index contributed by atoms with van der Waals surface area (Å²) in [5.41, 5.74) is 6.22. The fourth-order valence-corrected chi connectivity index (χ4v) is 2.30. The molecule has 2 N–H and O–H groups in total. The summed E-state index contributed by atoms with van der Waals surface area (Å²) in [5.74, 6) is 0.546. The van der Waals surface area contributed by atoms with E-state index >= 15 is 0 Å². The maximum atomic E-state index is 12.0. The fraction of sp³-hybridized carbons (Fsp3) is 0.800. The molecular formula is C15H28N2O2. The number of amides is 1. The summed E-state index contributed by atoms with van der Waals surface area (Å²) >= 11 is 0. The molecule has 19 heavy (non-hydrogen) atoms. The molecule has 1 aliphatic rings. The van der Waals surface area contributed by atoms with Crippen molar-refractivity contribution < 1.29 is 9.53 Å². The van der Waals surface area contributed by atoms with Gasteiger partial charge in [-0.1, -0.05) is 12.2 Å². The van der Waals surface area contributed by atoms with Gasteiger partial charge in [-0.2, -0.15) is 0 Å². The Morgan fingerprint density at radius 1 is 1.47 bits per heavy atom. The van der Waals surface area contributed by atoms with Crippen molar-refractivity contribution in [3.05, 3.63) is 12.2 Å². The highest BCUT2D eigenvalue weighted by atomic mass is 16.6.